The van der Waals surface area contributed by atoms with Crippen molar-refractivity contribution in [2.75, 3.05) is 13.2 Å². The second-order valence-electron chi connectivity index (χ2n) is 6.42. The third-order valence-electron chi connectivity index (χ3n) is 4.40. The number of aromatic nitrogens is 5. The van der Waals surface area contributed by atoms with E-state index in [0.29, 0.717) is 28.9 Å². The maximum absolute atomic E-state index is 12.3. The van der Waals surface area contributed by atoms with E-state index in [2.05, 4.69) is 25.6 Å². The van der Waals surface area contributed by atoms with Crippen LogP contribution in [0.5, 0.6) is 5.88 Å². The van der Waals surface area contributed by atoms with E-state index < -0.39 is 0 Å². The largest absolute Gasteiger partial charge is 0.475 e. The molecule has 0 saturated carbocycles. The number of amides is 1. The van der Waals surface area contributed by atoms with Gasteiger partial charge in [0.25, 0.3) is 5.91 Å². The Hall–Kier alpha value is -3.85. The van der Waals surface area contributed by atoms with Crippen LogP contribution in [0.3, 0.4) is 0 Å². The lowest BCUT2D eigenvalue weighted by Gasteiger charge is -2.07. The van der Waals surface area contributed by atoms with Gasteiger partial charge in [-0.25, -0.2) is 4.98 Å². The van der Waals surface area contributed by atoms with E-state index in [0.717, 1.165) is 15.8 Å². The molecular weight excluding hydrogens is 400 g/mol. The molecule has 5 aromatic rings. The molecule has 1 N–H and O–H groups in total. The Morgan fingerprint density at radius 2 is 1.83 bits per heavy atom. The van der Waals surface area contributed by atoms with Crippen LogP contribution in [-0.4, -0.2) is 43.9 Å². The molecule has 3 aromatic heterocycles. The van der Waals surface area contributed by atoms with Crippen LogP contribution in [0.2, 0.25) is 0 Å². The summed E-state index contributed by atoms with van der Waals surface area (Å²) in [4.78, 5) is 16.7. The smallest absolute Gasteiger partial charge is 0.280 e. The van der Waals surface area contributed by atoms with Gasteiger partial charge in [-0.1, -0.05) is 42.5 Å². The van der Waals surface area contributed by atoms with Crippen molar-refractivity contribution in [3.8, 4) is 17.3 Å². The number of carbonyl (C=O) groups is 1. The number of thiazole rings is 1. The van der Waals surface area contributed by atoms with Crippen molar-refractivity contribution in [1.29, 1.82) is 0 Å². The van der Waals surface area contributed by atoms with E-state index in [1.807, 2.05) is 54.6 Å². The quantitative estimate of drug-likeness (QED) is 0.427. The van der Waals surface area contributed by atoms with Crippen LogP contribution >= 0.6 is 11.3 Å². The lowest BCUT2D eigenvalue weighted by atomic mass is 10.2. The van der Waals surface area contributed by atoms with E-state index >= 15 is 0 Å². The minimum atomic E-state index is -0.214. The van der Waals surface area contributed by atoms with Crippen molar-refractivity contribution >= 4 is 33.1 Å². The summed E-state index contributed by atoms with van der Waals surface area (Å²) in [6.45, 7) is 0.611. The predicted octanol–water partition coefficient (Wildman–Crippen LogP) is 3.21. The number of fused-ring (bicyclic) bond motifs is 2. The summed E-state index contributed by atoms with van der Waals surface area (Å²) in [5, 5.41) is 16.1. The highest BCUT2D eigenvalue weighted by molar-refractivity contribution is 7.20. The minimum absolute atomic E-state index is 0.214. The van der Waals surface area contributed by atoms with Crippen LogP contribution in [0.1, 0.15) is 9.80 Å². The molecule has 5 rings (SSSR count). The van der Waals surface area contributed by atoms with Crippen molar-refractivity contribution < 1.29 is 9.53 Å². The van der Waals surface area contributed by atoms with Crippen molar-refractivity contribution in [3.05, 3.63) is 71.7 Å². The summed E-state index contributed by atoms with van der Waals surface area (Å²) in [7, 11) is 0. The highest BCUT2D eigenvalue weighted by atomic mass is 32.1. The molecule has 0 aliphatic carbocycles. The van der Waals surface area contributed by atoms with Crippen molar-refractivity contribution in [2.24, 2.45) is 0 Å². The van der Waals surface area contributed by atoms with Crippen molar-refractivity contribution in [1.82, 2.24) is 30.1 Å². The number of hydrogen-bond acceptors (Lipinski definition) is 7. The van der Waals surface area contributed by atoms with E-state index in [1.165, 1.54) is 11.3 Å². The summed E-state index contributed by atoms with van der Waals surface area (Å²) >= 11 is 1.37. The lowest BCUT2D eigenvalue weighted by Crippen LogP contribution is -2.28. The molecule has 0 atom stereocenters. The number of ether oxygens (including phenoxy) is 1. The van der Waals surface area contributed by atoms with Crippen LogP contribution in [0, 0.1) is 0 Å². The maximum atomic E-state index is 12.3. The van der Waals surface area contributed by atoms with E-state index in [-0.39, 0.29) is 12.5 Å². The molecule has 3 heterocycles. The Morgan fingerprint density at radius 1 is 1.00 bits per heavy atom. The zero-order valence-electron chi connectivity index (χ0n) is 15.7. The summed E-state index contributed by atoms with van der Waals surface area (Å²) in [6.07, 6.45) is 0. The number of para-hydroxylation sites is 1. The molecule has 0 fully saturated rings. The summed E-state index contributed by atoms with van der Waals surface area (Å²) in [6, 6.07) is 20.9. The molecule has 0 aliphatic rings. The number of carbonyl (C=O) groups excluding carboxylic acids is 1. The molecule has 0 saturated heterocycles. The van der Waals surface area contributed by atoms with Gasteiger partial charge in [0.2, 0.25) is 5.88 Å². The summed E-state index contributed by atoms with van der Waals surface area (Å²) < 4.78 is 8.33. The standard InChI is InChI=1S/C21H16N6O2S/c28-20(21-23-15-8-4-5-9-16(15)30-21)22-12-13-29-18-11-10-17-24-25-19(27(17)26-18)14-6-2-1-3-7-14/h1-11H,12-13H2,(H,22,28). The van der Waals surface area contributed by atoms with Gasteiger partial charge in [0.15, 0.2) is 16.5 Å². The topological polar surface area (TPSA) is 94.3 Å². The normalized spacial score (nSPS) is 11.1. The van der Waals surface area contributed by atoms with Crippen LogP contribution in [0.25, 0.3) is 27.3 Å². The highest BCUT2D eigenvalue weighted by Gasteiger charge is 2.12. The molecule has 30 heavy (non-hydrogen) atoms. The van der Waals surface area contributed by atoms with Gasteiger partial charge in [-0.2, -0.15) is 4.52 Å². The molecule has 0 spiro atoms. The fraction of sp³-hybridized carbons (Fsp3) is 0.0952. The fourth-order valence-electron chi connectivity index (χ4n) is 2.98. The van der Waals surface area contributed by atoms with Crippen molar-refractivity contribution in [3.63, 3.8) is 0 Å². The molecule has 9 heteroatoms. The first-order chi connectivity index (χ1) is 14.8. The zero-order valence-corrected chi connectivity index (χ0v) is 16.5. The van der Waals surface area contributed by atoms with Crippen LogP contribution in [0.4, 0.5) is 0 Å². The summed E-state index contributed by atoms with van der Waals surface area (Å²) in [5.74, 6) is 0.849. The highest BCUT2D eigenvalue weighted by Crippen LogP contribution is 2.21. The second-order valence-corrected chi connectivity index (χ2v) is 7.45. The zero-order chi connectivity index (χ0) is 20.3. The van der Waals surface area contributed by atoms with E-state index in [9.17, 15) is 4.79 Å². The Bertz CT molecular complexity index is 1300. The summed E-state index contributed by atoms with van der Waals surface area (Å²) in [5.41, 5.74) is 2.37. The molecule has 2 aromatic carbocycles. The third-order valence-corrected chi connectivity index (χ3v) is 5.43. The van der Waals surface area contributed by atoms with Crippen molar-refractivity contribution in [2.45, 2.75) is 0 Å². The lowest BCUT2D eigenvalue weighted by molar-refractivity contribution is 0.0946. The number of rotatable bonds is 6. The number of nitrogens with zero attached hydrogens (tertiary/aromatic N) is 5. The first-order valence-corrected chi connectivity index (χ1v) is 10.1. The van der Waals surface area contributed by atoms with Crippen LogP contribution in [0.15, 0.2) is 66.7 Å². The van der Waals surface area contributed by atoms with Gasteiger partial charge < -0.3 is 10.1 Å². The van der Waals surface area contributed by atoms with Crippen LogP contribution < -0.4 is 10.1 Å². The Morgan fingerprint density at radius 3 is 2.70 bits per heavy atom. The van der Waals surface area contributed by atoms with E-state index in [4.69, 9.17) is 4.74 Å². The van der Waals surface area contributed by atoms with Gasteiger partial charge in [0.1, 0.15) is 6.61 Å². The Balaban J connectivity index is 1.22. The molecular formula is C21H16N6O2S. The predicted molar refractivity (Wildman–Crippen MR) is 114 cm³/mol. The average molecular weight is 416 g/mol. The van der Waals surface area contributed by atoms with Gasteiger partial charge in [-0.15, -0.1) is 26.6 Å². The molecule has 1 amide bonds. The second kappa shape index (κ2) is 7.88. The van der Waals surface area contributed by atoms with Gasteiger partial charge in [-0.05, 0) is 18.2 Å². The molecule has 0 aliphatic heterocycles. The SMILES string of the molecule is O=C(NCCOc1ccc2nnc(-c3ccccc3)n2n1)c1nc2ccccc2s1. The van der Waals surface area contributed by atoms with Crippen LogP contribution in [-0.2, 0) is 0 Å². The minimum Gasteiger partial charge on any atom is -0.475 e. The molecule has 0 bridgehead atoms. The van der Waals surface area contributed by atoms with Gasteiger partial charge in [0.05, 0.1) is 16.8 Å². The molecule has 0 radical (unpaired) electrons. The molecule has 148 valence electrons. The number of nitrogens with one attached hydrogen (secondary N) is 1. The third kappa shape index (κ3) is 3.58. The Labute approximate surface area is 175 Å². The van der Waals surface area contributed by atoms with E-state index in [1.54, 1.807) is 16.6 Å². The number of benzene rings is 2. The molecule has 8 nitrogen and oxygen atoms in total. The molecule has 0 unspecified atom stereocenters. The maximum Gasteiger partial charge on any atom is 0.280 e. The monoisotopic (exact) mass is 416 g/mol. The van der Waals surface area contributed by atoms with Gasteiger partial charge in [0, 0.05) is 11.6 Å². The Kier molecular flexibility index (Phi) is 4.78. The van der Waals surface area contributed by atoms with Gasteiger partial charge in [-0.3, -0.25) is 4.79 Å². The number of hydrogen-bond donors (Lipinski definition) is 1. The first-order valence-electron chi connectivity index (χ1n) is 9.32. The van der Waals surface area contributed by atoms with Gasteiger partial charge >= 0.3 is 0 Å². The fourth-order valence-corrected chi connectivity index (χ4v) is 3.86. The average Bonchev–Trinajstić information content (AvgIpc) is 3.41. The first kappa shape index (κ1) is 18.2.